The number of aromatic nitrogens is 3. The Hall–Kier alpha value is -2.84. The van der Waals surface area contributed by atoms with Gasteiger partial charge in [-0.15, -0.1) is 16.8 Å². The van der Waals surface area contributed by atoms with Crippen molar-refractivity contribution >= 4 is 35.0 Å². The highest BCUT2D eigenvalue weighted by Gasteiger charge is 2.22. The summed E-state index contributed by atoms with van der Waals surface area (Å²) in [6.07, 6.45) is 1.78. The molecule has 6 nitrogen and oxygen atoms in total. The molecule has 1 fully saturated rings. The molecule has 2 aromatic carbocycles. The summed E-state index contributed by atoms with van der Waals surface area (Å²) in [5.41, 5.74) is 1.87. The number of hydrogen-bond donors (Lipinski definition) is 0. The third kappa shape index (κ3) is 5.14. The van der Waals surface area contributed by atoms with Crippen molar-refractivity contribution in [1.29, 1.82) is 0 Å². The molecule has 1 aromatic heterocycles. The number of amides is 1. The number of rotatable bonds is 7. The Morgan fingerprint density at radius 1 is 1.06 bits per heavy atom. The van der Waals surface area contributed by atoms with Gasteiger partial charge < -0.3 is 9.80 Å². The molecule has 0 N–H and O–H groups in total. The van der Waals surface area contributed by atoms with E-state index in [0.717, 1.165) is 24.3 Å². The monoisotopic (exact) mass is 471 g/mol. The standard InChI is InChI=1S/C23H23ClFN5OS/c1-2-11-30-22(17-3-5-18(24)6-4-17)26-27-23(30)32-16-21(31)29-14-12-28(13-15-29)20-9-7-19(25)8-10-20/h2-10H,1,11-16H2. The van der Waals surface area contributed by atoms with Crippen LogP contribution in [0.5, 0.6) is 0 Å². The summed E-state index contributed by atoms with van der Waals surface area (Å²) in [6, 6.07) is 13.9. The highest BCUT2D eigenvalue weighted by atomic mass is 35.5. The maximum Gasteiger partial charge on any atom is 0.233 e. The van der Waals surface area contributed by atoms with Gasteiger partial charge in [-0.1, -0.05) is 29.4 Å². The molecule has 2 heterocycles. The zero-order chi connectivity index (χ0) is 22.5. The largest absolute Gasteiger partial charge is 0.368 e. The van der Waals surface area contributed by atoms with E-state index in [9.17, 15) is 9.18 Å². The quantitative estimate of drug-likeness (QED) is 0.378. The second-order valence-corrected chi connectivity index (χ2v) is 8.72. The van der Waals surface area contributed by atoms with Crippen LogP contribution in [0.15, 0.2) is 66.3 Å². The smallest absolute Gasteiger partial charge is 0.233 e. The first-order chi connectivity index (χ1) is 15.5. The molecule has 0 radical (unpaired) electrons. The third-order valence-corrected chi connectivity index (χ3v) is 6.48. The van der Waals surface area contributed by atoms with Crippen molar-refractivity contribution < 1.29 is 9.18 Å². The SMILES string of the molecule is C=CCn1c(SCC(=O)N2CCN(c3ccc(F)cc3)CC2)nnc1-c1ccc(Cl)cc1. The van der Waals surface area contributed by atoms with Crippen LogP contribution in [0.4, 0.5) is 10.1 Å². The Morgan fingerprint density at radius 3 is 2.41 bits per heavy atom. The molecule has 0 unspecified atom stereocenters. The summed E-state index contributed by atoms with van der Waals surface area (Å²) >= 11 is 7.37. The van der Waals surface area contributed by atoms with E-state index in [4.69, 9.17) is 11.6 Å². The van der Waals surface area contributed by atoms with Crippen LogP contribution in [0.2, 0.25) is 5.02 Å². The van der Waals surface area contributed by atoms with Gasteiger partial charge in [-0.25, -0.2) is 4.39 Å². The molecule has 1 aliphatic rings. The summed E-state index contributed by atoms with van der Waals surface area (Å²) in [4.78, 5) is 16.8. The van der Waals surface area contributed by atoms with Crippen LogP contribution in [0.3, 0.4) is 0 Å². The number of hydrogen-bond acceptors (Lipinski definition) is 5. The molecule has 0 spiro atoms. The predicted molar refractivity (Wildman–Crippen MR) is 127 cm³/mol. The van der Waals surface area contributed by atoms with Crippen molar-refractivity contribution in [2.45, 2.75) is 11.7 Å². The molecule has 32 heavy (non-hydrogen) atoms. The maximum atomic E-state index is 13.1. The van der Waals surface area contributed by atoms with Gasteiger partial charge in [0.05, 0.1) is 5.75 Å². The van der Waals surface area contributed by atoms with E-state index in [-0.39, 0.29) is 17.5 Å². The summed E-state index contributed by atoms with van der Waals surface area (Å²) in [5.74, 6) is 0.814. The third-order valence-electron chi connectivity index (χ3n) is 5.28. The second-order valence-electron chi connectivity index (χ2n) is 7.35. The summed E-state index contributed by atoms with van der Waals surface area (Å²) < 4.78 is 15.1. The summed E-state index contributed by atoms with van der Waals surface area (Å²) in [7, 11) is 0. The zero-order valence-corrected chi connectivity index (χ0v) is 19.0. The number of allylic oxidation sites excluding steroid dienone is 1. The lowest BCUT2D eigenvalue weighted by Crippen LogP contribution is -2.49. The molecule has 0 atom stereocenters. The van der Waals surface area contributed by atoms with Gasteiger partial charge in [0.1, 0.15) is 5.82 Å². The molecular weight excluding hydrogens is 449 g/mol. The molecule has 4 rings (SSSR count). The highest BCUT2D eigenvalue weighted by molar-refractivity contribution is 7.99. The van der Waals surface area contributed by atoms with Crippen molar-refractivity contribution in [3.05, 3.63) is 72.0 Å². The van der Waals surface area contributed by atoms with E-state index in [0.29, 0.717) is 35.6 Å². The highest BCUT2D eigenvalue weighted by Crippen LogP contribution is 2.26. The molecule has 1 saturated heterocycles. The zero-order valence-electron chi connectivity index (χ0n) is 17.5. The van der Waals surface area contributed by atoms with Crippen LogP contribution in [-0.2, 0) is 11.3 Å². The molecule has 166 valence electrons. The van der Waals surface area contributed by atoms with Crippen molar-refractivity contribution in [1.82, 2.24) is 19.7 Å². The van der Waals surface area contributed by atoms with Gasteiger partial charge in [0.15, 0.2) is 11.0 Å². The number of carbonyl (C=O) groups is 1. The van der Waals surface area contributed by atoms with E-state index >= 15 is 0 Å². The van der Waals surface area contributed by atoms with E-state index in [1.165, 1.54) is 23.9 Å². The molecular formula is C23H23ClFN5OS. The molecule has 3 aromatic rings. The Bertz CT molecular complexity index is 1080. The van der Waals surface area contributed by atoms with Gasteiger partial charge in [0.25, 0.3) is 0 Å². The fraction of sp³-hybridized carbons (Fsp3) is 0.261. The fourth-order valence-electron chi connectivity index (χ4n) is 3.59. The number of carbonyl (C=O) groups excluding carboxylic acids is 1. The second kappa shape index (κ2) is 10.2. The first-order valence-electron chi connectivity index (χ1n) is 10.3. The van der Waals surface area contributed by atoms with Gasteiger partial charge in [-0.05, 0) is 48.5 Å². The van der Waals surface area contributed by atoms with Gasteiger partial charge in [-0.3, -0.25) is 9.36 Å². The lowest BCUT2D eigenvalue weighted by molar-refractivity contribution is -0.128. The van der Waals surface area contributed by atoms with Gasteiger partial charge in [0, 0.05) is 49.0 Å². The average Bonchev–Trinajstić information content (AvgIpc) is 3.21. The lowest BCUT2D eigenvalue weighted by atomic mass is 10.2. The number of benzene rings is 2. The Balaban J connectivity index is 1.36. The molecule has 0 bridgehead atoms. The maximum absolute atomic E-state index is 13.1. The van der Waals surface area contributed by atoms with Gasteiger partial charge >= 0.3 is 0 Å². The average molecular weight is 472 g/mol. The molecule has 0 saturated carbocycles. The van der Waals surface area contributed by atoms with Crippen LogP contribution >= 0.6 is 23.4 Å². The lowest BCUT2D eigenvalue weighted by Gasteiger charge is -2.36. The van der Waals surface area contributed by atoms with Gasteiger partial charge in [-0.2, -0.15) is 0 Å². The van der Waals surface area contributed by atoms with E-state index in [1.54, 1.807) is 18.2 Å². The summed E-state index contributed by atoms with van der Waals surface area (Å²) in [6.45, 7) is 7.06. The van der Waals surface area contributed by atoms with Crippen LogP contribution < -0.4 is 4.90 Å². The van der Waals surface area contributed by atoms with E-state index < -0.39 is 0 Å². The summed E-state index contributed by atoms with van der Waals surface area (Å²) in [5, 5.41) is 9.94. The van der Waals surface area contributed by atoms with Crippen LogP contribution in [0.1, 0.15) is 0 Å². The fourth-order valence-corrected chi connectivity index (χ4v) is 4.56. The minimum absolute atomic E-state index is 0.0648. The first-order valence-corrected chi connectivity index (χ1v) is 11.6. The number of anilines is 1. The number of thioether (sulfide) groups is 1. The van der Waals surface area contributed by atoms with E-state index in [1.807, 2.05) is 33.7 Å². The number of halogens is 2. The normalized spacial score (nSPS) is 13.9. The molecule has 9 heteroatoms. The minimum Gasteiger partial charge on any atom is -0.368 e. The number of nitrogens with zero attached hydrogens (tertiary/aromatic N) is 5. The van der Waals surface area contributed by atoms with Crippen molar-refractivity contribution in [2.75, 3.05) is 36.8 Å². The first kappa shape index (κ1) is 22.4. The Morgan fingerprint density at radius 2 is 1.75 bits per heavy atom. The Kier molecular flexibility index (Phi) is 7.12. The van der Waals surface area contributed by atoms with Crippen LogP contribution in [0.25, 0.3) is 11.4 Å². The van der Waals surface area contributed by atoms with Crippen molar-refractivity contribution in [3.8, 4) is 11.4 Å². The molecule has 1 aliphatic heterocycles. The Labute approximate surface area is 195 Å². The topological polar surface area (TPSA) is 54.3 Å². The molecule has 1 amide bonds. The molecule has 0 aliphatic carbocycles. The van der Waals surface area contributed by atoms with Crippen LogP contribution in [0, 0.1) is 5.82 Å². The van der Waals surface area contributed by atoms with Crippen molar-refractivity contribution in [3.63, 3.8) is 0 Å². The van der Waals surface area contributed by atoms with Crippen molar-refractivity contribution in [2.24, 2.45) is 0 Å². The minimum atomic E-state index is -0.247. The van der Waals surface area contributed by atoms with E-state index in [2.05, 4.69) is 21.7 Å². The number of piperazine rings is 1. The predicted octanol–water partition coefficient (Wildman–Crippen LogP) is 4.36. The van der Waals surface area contributed by atoms with Crippen LogP contribution in [-0.4, -0.2) is 57.5 Å². The van der Waals surface area contributed by atoms with Gasteiger partial charge in [0.2, 0.25) is 5.91 Å².